The van der Waals surface area contributed by atoms with Gasteiger partial charge in [0.15, 0.2) is 0 Å². The monoisotopic (exact) mass is 230 g/mol. The Kier molecular flexibility index (Phi) is 5.02. The quantitative estimate of drug-likeness (QED) is 0.577. The molecule has 4 heteroatoms. The summed E-state index contributed by atoms with van der Waals surface area (Å²) in [5, 5.41) is 0. The molecule has 0 N–H and O–H groups in total. The summed E-state index contributed by atoms with van der Waals surface area (Å²) in [5.74, 6) is 0. The minimum Gasteiger partial charge on any atom is -0.211 e. The van der Waals surface area contributed by atoms with E-state index in [1.807, 2.05) is 0 Å². The highest BCUT2D eigenvalue weighted by Crippen LogP contribution is 2.28. The highest BCUT2D eigenvalue weighted by atomic mass is 16.1. The number of nitrogens with zero attached hydrogens (tertiary/aromatic N) is 2. The standard InChI is InChI=1S/C10H8N2O2.C3H6/c1-7-8(2)10(12-6-14)4-3-9(7)11-5-13;1-2-3-1/h3-4H,1-2H3;1-3H2. The van der Waals surface area contributed by atoms with Gasteiger partial charge in [-0.3, -0.25) is 0 Å². The lowest BCUT2D eigenvalue weighted by Gasteiger charge is -2.04. The third kappa shape index (κ3) is 4.15. The highest BCUT2D eigenvalue weighted by molar-refractivity contribution is 5.64. The topological polar surface area (TPSA) is 58.9 Å². The first-order chi connectivity index (χ1) is 8.20. The van der Waals surface area contributed by atoms with E-state index in [1.54, 1.807) is 26.0 Å². The van der Waals surface area contributed by atoms with Crippen LogP contribution in [0.25, 0.3) is 0 Å². The van der Waals surface area contributed by atoms with E-state index in [9.17, 15) is 9.59 Å². The van der Waals surface area contributed by atoms with Crippen molar-refractivity contribution in [2.75, 3.05) is 0 Å². The second-order valence-electron chi connectivity index (χ2n) is 3.82. The van der Waals surface area contributed by atoms with Crippen molar-refractivity contribution < 1.29 is 9.59 Å². The van der Waals surface area contributed by atoms with Crippen molar-refractivity contribution in [3.05, 3.63) is 23.3 Å². The van der Waals surface area contributed by atoms with E-state index in [0.29, 0.717) is 11.4 Å². The van der Waals surface area contributed by atoms with Gasteiger partial charge in [0.1, 0.15) is 0 Å². The second kappa shape index (κ2) is 6.54. The molecule has 0 amide bonds. The van der Waals surface area contributed by atoms with E-state index >= 15 is 0 Å². The summed E-state index contributed by atoms with van der Waals surface area (Å²) in [4.78, 5) is 27.2. The van der Waals surface area contributed by atoms with Crippen LogP contribution in [0.5, 0.6) is 0 Å². The number of aliphatic imine (C=N–C) groups is 2. The van der Waals surface area contributed by atoms with Gasteiger partial charge in [-0.25, -0.2) is 9.59 Å². The predicted molar refractivity (Wildman–Crippen MR) is 65.3 cm³/mol. The Morgan fingerprint density at radius 2 is 1.24 bits per heavy atom. The van der Waals surface area contributed by atoms with E-state index in [0.717, 1.165) is 11.1 Å². The molecule has 0 unspecified atom stereocenters. The number of benzene rings is 1. The minimum absolute atomic E-state index is 0.544. The fraction of sp³-hybridized carbons (Fsp3) is 0.385. The van der Waals surface area contributed by atoms with Gasteiger partial charge in [-0.2, -0.15) is 9.98 Å². The first-order valence-corrected chi connectivity index (χ1v) is 5.46. The third-order valence-electron chi connectivity index (χ3n) is 2.42. The lowest BCUT2D eigenvalue weighted by molar-refractivity contribution is 0.564. The van der Waals surface area contributed by atoms with E-state index in [2.05, 4.69) is 9.98 Å². The summed E-state index contributed by atoms with van der Waals surface area (Å²) in [6, 6.07) is 3.23. The molecule has 0 radical (unpaired) electrons. The van der Waals surface area contributed by atoms with Crippen LogP contribution in [0.1, 0.15) is 30.4 Å². The fourth-order valence-electron chi connectivity index (χ4n) is 1.13. The zero-order valence-electron chi connectivity index (χ0n) is 9.99. The predicted octanol–water partition coefficient (Wildman–Crippen LogP) is 3.41. The van der Waals surface area contributed by atoms with E-state index in [-0.39, 0.29) is 0 Å². The molecule has 1 fully saturated rings. The molecule has 1 aliphatic carbocycles. The van der Waals surface area contributed by atoms with Crippen molar-refractivity contribution in [2.45, 2.75) is 33.1 Å². The maximum atomic E-state index is 10.1. The van der Waals surface area contributed by atoms with E-state index in [4.69, 9.17) is 0 Å². The van der Waals surface area contributed by atoms with Gasteiger partial charge in [-0.1, -0.05) is 19.3 Å². The Labute approximate surface area is 100 Å². The average molecular weight is 230 g/mol. The fourth-order valence-corrected chi connectivity index (χ4v) is 1.13. The number of rotatable bonds is 2. The normalized spacial score (nSPS) is 11.4. The number of isocyanates is 2. The van der Waals surface area contributed by atoms with Crippen molar-refractivity contribution in [3.8, 4) is 0 Å². The molecule has 0 saturated heterocycles. The Hall–Kier alpha value is -2.02. The van der Waals surface area contributed by atoms with E-state index < -0.39 is 0 Å². The van der Waals surface area contributed by atoms with Gasteiger partial charge >= 0.3 is 0 Å². The number of hydrogen-bond acceptors (Lipinski definition) is 4. The SMILES string of the molecule is C1CC1.Cc1c(N=C=O)ccc(N=C=O)c1C. The van der Waals surface area contributed by atoms with Crippen molar-refractivity contribution in [3.63, 3.8) is 0 Å². The van der Waals surface area contributed by atoms with Gasteiger partial charge in [0.05, 0.1) is 11.4 Å². The van der Waals surface area contributed by atoms with Crippen LogP contribution in [-0.2, 0) is 9.59 Å². The molecule has 0 heterocycles. The smallest absolute Gasteiger partial charge is 0.211 e. The van der Waals surface area contributed by atoms with Crippen LogP contribution in [0.2, 0.25) is 0 Å². The lowest BCUT2D eigenvalue weighted by atomic mass is 10.1. The van der Waals surface area contributed by atoms with Crippen LogP contribution < -0.4 is 0 Å². The van der Waals surface area contributed by atoms with E-state index in [1.165, 1.54) is 31.4 Å². The van der Waals surface area contributed by atoms with Gasteiger partial charge in [0.25, 0.3) is 0 Å². The molecule has 1 aliphatic rings. The summed E-state index contributed by atoms with van der Waals surface area (Å²) >= 11 is 0. The Morgan fingerprint density at radius 1 is 0.882 bits per heavy atom. The average Bonchev–Trinajstić information content (AvgIpc) is 3.17. The van der Waals surface area contributed by atoms with Crippen LogP contribution in [0.15, 0.2) is 22.1 Å². The zero-order chi connectivity index (χ0) is 12.7. The summed E-state index contributed by atoms with van der Waals surface area (Å²) in [5.41, 5.74) is 2.71. The van der Waals surface area contributed by atoms with Crippen LogP contribution in [0.3, 0.4) is 0 Å². The first-order valence-electron chi connectivity index (χ1n) is 5.46. The Balaban J connectivity index is 0.000000415. The summed E-state index contributed by atoms with van der Waals surface area (Å²) in [6.45, 7) is 3.60. The first kappa shape index (κ1) is 13.0. The molecule has 88 valence electrons. The van der Waals surface area contributed by atoms with Crippen molar-refractivity contribution in [1.82, 2.24) is 0 Å². The molecule has 0 bridgehead atoms. The molecule has 1 aromatic carbocycles. The summed E-state index contributed by atoms with van der Waals surface area (Å²) in [7, 11) is 0. The molecule has 0 atom stereocenters. The molecule has 0 aromatic heterocycles. The van der Waals surface area contributed by atoms with Gasteiger partial charge in [0.2, 0.25) is 12.2 Å². The largest absolute Gasteiger partial charge is 0.240 e. The van der Waals surface area contributed by atoms with Crippen LogP contribution >= 0.6 is 0 Å². The molecule has 17 heavy (non-hydrogen) atoms. The second-order valence-corrected chi connectivity index (χ2v) is 3.82. The molecule has 2 rings (SSSR count). The summed E-state index contributed by atoms with van der Waals surface area (Å²) < 4.78 is 0. The molecular weight excluding hydrogens is 216 g/mol. The minimum atomic E-state index is 0.544. The Morgan fingerprint density at radius 3 is 1.47 bits per heavy atom. The number of hydrogen-bond donors (Lipinski definition) is 0. The van der Waals surface area contributed by atoms with Gasteiger partial charge in [-0.05, 0) is 37.1 Å². The highest BCUT2D eigenvalue weighted by Gasteiger charge is 2.04. The van der Waals surface area contributed by atoms with Gasteiger partial charge in [0, 0.05) is 0 Å². The van der Waals surface area contributed by atoms with Crippen molar-refractivity contribution in [2.24, 2.45) is 9.98 Å². The van der Waals surface area contributed by atoms with Crippen LogP contribution in [0.4, 0.5) is 11.4 Å². The maximum Gasteiger partial charge on any atom is 0.240 e. The van der Waals surface area contributed by atoms with Crippen LogP contribution in [0, 0.1) is 13.8 Å². The molecule has 1 saturated carbocycles. The maximum absolute atomic E-state index is 10.1. The zero-order valence-corrected chi connectivity index (χ0v) is 9.99. The third-order valence-corrected chi connectivity index (χ3v) is 2.42. The van der Waals surface area contributed by atoms with Gasteiger partial charge < -0.3 is 0 Å². The number of carbonyl (C=O) groups excluding carboxylic acids is 2. The lowest BCUT2D eigenvalue weighted by Crippen LogP contribution is -1.82. The van der Waals surface area contributed by atoms with Crippen LogP contribution in [-0.4, -0.2) is 12.2 Å². The van der Waals surface area contributed by atoms with Crippen molar-refractivity contribution in [1.29, 1.82) is 0 Å². The molecule has 0 spiro atoms. The molecule has 0 aliphatic heterocycles. The van der Waals surface area contributed by atoms with Gasteiger partial charge in [-0.15, -0.1) is 0 Å². The Bertz CT molecular complexity index is 449. The summed E-state index contributed by atoms with van der Waals surface area (Å²) in [6.07, 6.45) is 7.44. The molecular formula is C13H14N2O2. The van der Waals surface area contributed by atoms with Crippen molar-refractivity contribution >= 4 is 23.5 Å². The molecule has 4 nitrogen and oxygen atoms in total. The molecule has 1 aromatic rings.